The maximum absolute atomic E-state index is 13.1. The van der Waals surface area contributed by atoms with Crippen LogP contribution in [0.5, 0.6) is 5.75 Å². The zero-order valence-corrected chi connectivity index (χ0v) is 15.6. The Morgan fingerprint density at radius 3 is 2.44 bits per heavy atom. The monoisotopic (exact) mass is 361 g/mol. The lowest BCUT2D eigenvalue weighted by Gasteiger charge is -2.11. The lowest BCUT2D eigenvalue weighted by atomic mass is 9.97. The van der Waals surface area contributed by atoms with Crippen molar-refractivity contribution < 1.29 is 4.74 Å². The van der Waals surface area contributed by atoms with Crippen molar-refractivity contribution in [2.24, 2.45) is 0 Å². The second-order valence-electron chi connectivity index (χ2n) is 6.33. The smallest absolute Gasteiger partial charge is 0.356 e. The number of benzene rings is 1. The van der Waals surface area contributed by atoms with E-state index in [4.69, 9.17) is 4.74 Å². The van der Waals surface area contributed by atoms with Crippen LogP contribution in [0.15, 0.2) is 47.7 Å². The number of aryl methyl sites for hydroxylation is 2. The van der Waals surface area contributed by atoms with Gasteiger partial charge in [0, 0.05) is 23.7 Å². The van der Waals surface area contributed by atoms with E-state index in [1.54, 1.807) is 36.2 Å². The molecule has 0 spiro atoms. The fourth-order valence-corrected chi connectivity index (χ4v) is 3.56. The van der Waals surface area contributed by atoms with Gasteiger partial charge in [0.2, 0.25) is 0 Å². The third-order valence-electron chi connectivity index (χ3n) is 4.88. The van der Waals surface area contributed by atoms with Crippen LogP contribution in [0.2, 0.25) is 0 Å². The minimum Gasteiger partial charge on any atom is -0.496 e. The molecule has 0 aliphatic rings. The Labute approximate surface area is 155 Å². The van der Waals surface area contributed by atoms with Gasteiger partial charge < -0.3 is 4.74 Å². The lowest BCUT2D eigenvalue weighted by Crippen LogP contribution is -2.29. The molecule has 0 aliphatic heterocycles. The number of ether oxygens (including phenoxy) is 1. The maximum atomic E-state index is 13.1. The van der Waals surface area contributed by atoms with Crippen molar-refractivity contribution in [3.05, 3.63) is 70.2 Å². The Bertz CT molecular complexity index is 1210. The Kier molecular flexibility index (Phi) is 3.99. The van der Waals surface area contributed by atoms with Crippen LogP contribution in [0, 0.1) is 20.8 Å². The van der Waals surface area contributed by atoms with Crippen LogP contribution < -0.4 is 10.4 Å². The second kappa shape index (κ2) is 6.35. The number of aromatic nitrogens is 5. The Balaban J connectivity index is 2.03. The molecule has 4 rings (SSSR count). The molecular weight excluding hydrogens is 342 g/mol. The molecule has 0 atom stereocenters. The topological polar surface area (TPSA) is 74.3 Å². The molecule has 0 aliphatic carbocycles. The fourth-order valence-electron chi connectivity index (χ4n) is 3.56. The van der Waals surface area contributed by atoms with E-state index in [9.17, 15) is 4.79 Å². The summed E-state index contributed by atoms with van der Waals surface area (Å²) in [5.74, 6) is 1.06. The average molecular weight is 361 g/mol. The highest BCUT2D eigenvalue weighted by Gasteiger charge is 2.20. The molecule has 3 aromatic heterocycles. The van der Waals surface area contributed by atoms with Gasteiger partial charge in [-0.25, -0.2) is 14.8 Å². The van der Waals surface area contributed by atoms with Gasteiger partial charge in [-0.2, -0.15) is 5.10 Å². The van der Waals surface area contributed by atoms with Crippen molar-refractivity contribution >= 4 is 5.52 Å². The molecule has 0 saturated heterocycles. The number of hydrogen-bond donors (Lipinski definition) is 0. The number of rotatable bonds is 3. The first-order valence-corrected chi connectivity index (χ1v) is 8.56. The SMILES string of the molecule is COc1cccc(-c2c(C)c3cnn(-c4ncccn4)c(=O)n3c2C)c1C. The molecule has 1 aromatic carbocycles. The van der Waals surface area contributed by atoms with Crippen molar-refractivity contribution in [2.45, 2.75) is 20.8 Å². The van der Waals surface area contributed by atoms with E-state index >= 15 is 0 Å². The minimum atomic E-state index is -0.300. The van der Waals surface area contributed by atoms with Crippen LogP contribution >= 0.6 is 0 Å². The molecule has 0 bridgehead atoms. The molecule has 3 heterocycles. The van der Waals surface area contributed by atoms with Crippen molar-refractivity contribution in [3.8, 4) is 22.8 Å². The molecular formula is C20H19N5O2. The molecule has 27 heavy (non-hydrogen) atoms. The summed E-state index contributed by atoms with van der Waals surface area (Å²) in [5, 5.41) is 4.28. The summed E-state index contributed by atoms with van der Waals surface area (Å²) in [7, 11) is 1.66. The van der Waals surface area contributed by atoms with Crippen LogP contribution in [0.1, 0.15) is 16.8 Å². The van der Waals surface area contributed by atoms with Gasteiger partial charge in [-0.3, -0.25) is 4.40 Å². The summed E-state index contributed by atoms with van der Waals surface area (Å²) in [6, 6.07) is 7.62. The van der Waals surface area contributed by atoms with Crippen LogP contribution in [0.25, 0.3) is 22.6 Å². The zero-order valence-electron chi connectivity index (χ0n) is 15.6. The normalized spacial score (nSPS) is 11.1. The first-order chi connectivity index (χ1) is 13.0. The third-order valence-corrected chi connectivity index (χ3v) is 4.88. The molecule has 7 nitrogen and oxygen atoms in total. The molecule has 0 N–H and O–H groups in total. The van der Waals surface area contributed by atoms with Crippen molar-refractivity contribution in [1.82, 2.24) is 24.1 Å². The molecule has 0 radical (unpaired) electrons. The van der Waals surface area contributed by atoms with Crippen molar-refractivity contribution in [2.75, 3.05) is 7.11 Å². The molecule has 0 fully saturated rings. The molecule has 0 amide bonds. The zero-order chi connectivity index (χ0) is 19.1. The Morgan fingerprint density at radius 1 is 1.00 bits per heavy atom. The molecule has 136 valence electrons. The second-order valence-corrected chi connectivity index (χ2v) is 6.33. The predicted molar refractivity (Wildman–Crippen MR) is 103 cm³/mol. The summed E-state index contributed by atoms with van der Waals surface area (Å²) >= 11 is 0. The van der Waals surface area contributed by atoms with E-state index in [1.165, 1.54) is 4.68 Å². The van der Waals surface area contributed by atoms with E-state index in [2.05, 4.69) is 15.1 Å². The highest BCUT2D eigenvalue weighted by Crippen LogP contribution is 2.36. The largest absolute Gasteiger partial charge is 0.496 e. The van der Waals surface area contributed by atoms with E-state index in [-0.39, 0.29) is 11.6 Å². The summed E-state index contributed by atoms with van der Waals surface area (Å²) in [5.41, 5.74) is 5.38. The van der Waals surface area contributed by atoms with Gasteiger partial charge in [-0.05, 0) is 49.6 Å². The van der Waals surface area contributed by atoms with Gasteiger partial charge in [-0.1, -0.05) is 12.1 Å². The molecule has 4 aromatic rings. The Hall–Kier alpha value is -3.48. The van der Waals surface area contributed by atoms with Crippen LogP contribution in [0.3, 0.4) is 0 Å². The average Bonchev–Trinajstić information content (AvgIpc) is 2.94. The summed E-state index contributed by atoms with van der Waals surface area (Å²) < 4.78 is 8.33. The highest BCUT2D eigenvalue weighted by molar-refractivity contribution is 5.81. The first kappa shape index (κ1) is 17.0. The van der Waals surface area contributed by atoms with Crippen molar-refractivity contribution in [1.29, 1.82) is 0 Å². The van der Waals surface area contributed by atoms with Gasteiger partial charge in [0.15, 0.2) is 0 Å². The van der Waals surface area contributed by atoms with Crippen LogP contribution in [-0.4, -0.2) is 31.3 Å². The Morgan fingerprint density at radius 2 is 1.74 bits per heavy atom. The van der Waals surface area contributed by atoms with Crippen LogP contribution in [-0.2, 0) is 0 Å². The maximum Gasteiger partial charge on any atom is 0.356 e. The van der Waals surface area contributed by atoms with Gasteiger partial charge >= 0.3 is 5.69 Å². The highest BCUT2D eigenvalue weighted by atomic mass is 16.5. The van der Waals surface area contributed by atoms with E-state index in [0.717, 1.165) is 39.2 Å². The minimum absolute atomic E-state index is 0.245. The van der Waals surface area contributed by atoms with Gasteiger partial charge in [-0.15, -0.1) is 4.68 Å². The number of fused-ring (bicyclic) bond motifs is 1. The molecule has 0 saturated carbocycles. The summed E-state index contributed by atoms with van der Waals surface area (Å²) in [4.78, 5) is 21.4. The van der Waals surface area contributed by atoms with Gasteiger partial charge in [0.1, 0.15) is 5.75 Å². The first-order valence-electron chi connectivity index (χ1n) is 8.56. The molecule has 7 heteroatoms. The van der Waals surface area contributed by atoms with E-state index in [0.29, 0.717) is 0 Å². The van der Waals surface area contributed by atoms with E-state index in [1.807, 2.05) is 39.0 Å². The fraction of sp³-hybridized carbons (Fsp3) is 0.200. The molecule has 0 unspecified atom stereocenters. The quantitative estimate of drug-likeness (QED) is 0.561. The van der Waals surface area contributed by atoms with E-state index < -0.39 is 0 Å². The summed E-state index contributed by atoms with van der Waals surface area (Å²) in [6.45, 7) is 5.95. The number of methoxy groups -OCH3 is 1. The standard InChI is InChI=1S/C20H19N5O2/c1-12-15(7-5-8-17(12)27-4)18-13(2)16-11-23-25(19-21-9-6-10-22-19)20(26)24(16)14(18)3/h5-11H,1-4H3. The predicted octanol–water partition coefficient (Wildman–Crippen LogP) is 2.88. The lowest BCUT2D eigenvalue weighted by molar-refractivity contribution is 0.412. The number of nitrogens with zero attached hydrogens (tertiary/aromatic N) is 5. The third kappa shape index (κ3) is 2.51. The van der Waals surface area contributed by atoms with Gasteiger partial charge in [0.25, 0.3) is 5.95 Å². The number of hydrogen-bond acceptors (Lipinski definition) is 5. The van der Waals surface area contributed by atoms with Gasteiger partial charge in [0.05, 0.1) is 18.8 Å². The van der Waals surface area contributed by atoms with Crippen LogP contribution in [0.4, 0.5) is 0 Å². The van der Waals surface area contributed by atoms with Crippen molar-refractivity contribution in [3.63, 3.8) is 0 Å². The summed E-state index contributed by atoms with van der Waals surface area (Å²) in [6.07, 6.45) is 4.85.